The standard InChI is InChI=1S/C34H41NO3.2C20H29NO3.C6H4F3N.O2S/c1-4-20-34(21-5-2)23-31(36)32(33(37)38-34)30(6-3)28-18-13-19-29(22-28)35(24-26-14-9-7-10-15-26)25-27-16-11-8-12-17-27;2*1-4-10-20(11-5-2)13-17(22)18(19(23)24-20)16(6-3)14-8-7-9-15(21)12-14;7-6(8,9)5-2-1-3-10-4-5;1-3-2/h7-19,22,30,36H,4-6,20-21,23-25H2,1-3H3;2*7-9,12,16,22H,4-6,10-11,13,21H2,1-3H3;1-4H;/t30-;2*16-;;/m000../s1. The molecule has 6 aromatic rings. The van der Waals surface area contributed by atoms with Gasteiger partial charge in [-0.3, -0.25) is 4.98 Å². The van der Waals surface area contributed by atoms with Gasteiger partial charge < -0.3 is 45.9 Å². The number of pyridine rings is 1. The van der Waals surface area contributed by atoms with E-state index in [0.29, 0.717) is 66.6 Å². The van der Waals surface area contributed by atoms with Gasteiger partial charge in [-0.2, -0.15) is 21.6 Å². The summed E-state index contributed by atoms with van der Waals surface area (Å²) >= 11 is -0.750. The van der Waals surface area contributed by atoms with Crippen molar-refractivity contribution >= 4 is 46.5 Å². The van der Waals surface area contributed by atoms with Gasteiger partial charge in [-0.25, -0.2) is 14.4 Å². The zero-order chi connectivity index (χ0) is 72.8. The number of nitrogens with two attached hydrogens (primary N) is 2. The van der Waals surface area contributed by atoms with E-state index in [4.69, 9.17) is 34.1 Å². The van der Waals surface area contributed by atoms with Crippen molar-refractivity contribution in [1.29, 1.82) is 0 Å². The molecule has 3 atom stereocenters. The molecule has 0 spiro atoms. The van der Waals surface area contributed by atoms with E-state index in [1.54, 1.807) is 0 Å². The van der Waals surface area contributed by atoms with E-state index in [1.807, 2.05) is 74.5 Å². The molecular formula is C80H103F3N4O11S. The Balaban J connectivity index is 0.000000253. The van der Waals surface area contributed by atoms with Gasteiger partial charge >= 0.3 is 35.7 Å². The molecule has 0 unspecified atom stereocenters. The summed E-state index contributed by atoms with van der Waals surface area (Å²) < 4.78 is 69.7. The molecule has 4 heterocycles. The number of aliphatic hydroxyl groups excluding tert-OH is 3. The Morgan fingerprint density at radius 1 is 0.475 bits per heavy atom. The lowest BCUT2D eigenvalue weighted by Crippen LogP contribution is -2.41. The Morgan fingerprint density at radius 3 is 1.06 bits per heavy atom. The maximum Gasteiger partial charge on any atom is 0.417 e. The Labute approximate surface area is 587 Å². The minimum Gasteiger partial charge on any atom is -0.512 e. The van der Waals surface area contributed by atoms with E-state index < -0.39 is 40.1 Å². The highest BCUT2D eigenvalue weighted by molar-refractivity contribution is 7.51. The zero-order valence-electron chi connectivity index (χ0n) is 59.1. The van der Waals surface area contributed by atoms with Gasteiger partial charge in [0.1, 0.15) is 34.1 Å². The molecule has 7 N–H and O–H groups in total. The third-order valence-corrected chi connectivity index (χ3v) is 18.2. The monoisotopic (exact) mass is 1380 g/mol. The zero-order valence-corrected chi connectivity index (χ0v) is 59.9. The molecule has 3 aliphatic heterocycles. The number of halogens is 3. The number of carbonyl (C=O) groups is 3. The molecule has 19 heteroatoms. The summed E-state index contributed by atoms with van der Waals surface area (Å²) in [6, 6.07) is 46.6. The number of ether oxygens (including phenoxy) is 3. The van der Waals surface area contributed by atoms with E-state index in [2.05, 4.69) is 131 Å². The fraction of sp³-hybridized carbons (Fsp3) is 0.450. The number of aliphatic hydroxyl groups is 3. The Kier molecular flexibility index (Phi) is 32.5. The van der Waals surface area contributed by atoms with E-state index in [-0.39, 0.29) is 52.9 Å². The molecule has 5 aromatic carbocycles. The third-order valence-electron chi connectivity index (χ3n) is 18.2. The van der Waals surface area contributed by atoms with E-state index >= 15 is 0 Å². The molecule has 0 bridgehead atoms. The summed E-state index contributed by atoms with van der Waals surface area (Å²) in [6.07, 6.45) is 11.3. The van der Waals surface area contributed by atoms with E-state index in [0.717, 1.165) is 125 Å². The number of benzene rings is 5. The number of hydrogen-bond donors (Lipinski definition) is 5. The fourth-order valence-electron chi connectivity index (χ4n) is 14.1. The smallest absolute Gasteiger partial charge is 0.417 e. The van der Waals surface area contributed by atoms with Crippen LogP contribution in [-0.2, 0) is 59.4 Å². The number of hydrogen-bond acceptors (Lipinski definition) is 15. The fourth-order valence-corrected chi connectivity index (χ4v) is 14.1. The highest BCUT2D eigenvalue weighted by Crippen LogP contribution is 2.46. The van der Waals surface area contributed by atoms with Crippen LogP contribution in [0.3, 0.4) is 0 Å². The van der Waals surface area contributed by atoms with Crippen LogP contribution < -0.4 is 16.4 Å². The van der Waals surface area contributed by atoms with Crippen molar-refractivity contribution in [2.24, 2.45) is 0 Å². The third kappa shape index (κ3) is 23.2. The van der Waals surface area contributed by atoms with Crippen molar-refractivity contribution < 1.29 is 65.5 Å². The van der Waals surface area contributed by atoms with Gasteiger partial charge in [-0.1, -0.05) is 198 Å². The number of anilines is 3. The van der Waals surface area contributed by atoms with Crippen LogP contribution in [0.25, 0.3) is 0 Å². The maximum absolute atomic E-state index is 13.4. The largest absolute Gasteiger partial charge is 0.512 e. The van der Waals surface area contributed by atoms with Crippen molar-refractivity contribution in [3.8, 4) is 0 Å². The second kappa shape index (κ2) is 39.8. The van der Waals surface area contributed by atoms with Gasteiger partial charge in [-0.05, 0) is 134 Å². The number of esters is 3. The number of nitrogens with zero attached hydrogens (tertiary/aromatic N) is 2. The van der Waals surface area contributed by atoms with E-state index in [1.165, 1.54) is 23.4 Å². The molecule has 1 aromatic heterocycles. The molecular weight excluding hydrogens is 1280 g/mol. The first-order chi connectivity index (χ1) is 47.4. The minimum absolute atomic E-state index is 0.183. The number of nitrogen functional groups attached to an aromatic ring is 2. The van der Waals surface area contributed by atoms with Crippen molar-refractivity contribution in [3.63, 3.8) is 0 Å². The van der Waals surface area contributed by atoms with Crippen molar-refractivity contribution in [1.82, 2.24) is 4.98 Å². The van der Waals surface area contributed by atoms with Crippen molar-refractivity contribution in [3.05, 3.63) is 225 Å². The first-order valence-electron chi connectivity index (χ1n) is 34.9. The van der Waals surface area contributed by atoms with Gasteiger partial charge in [0, 0.05) is 79.6 Å². The van der Waals surface area contributed by atoms with Crippen LogP contribution in [0.5, 0.6) is 0 Å². The average Bonchev–Trinajstić information content (AvgIpc) is 0.790. The van der Waals surface area contributed by atoms with Gasteiger partial charge in [0.15, 0.2) is 0 Å². The molecule has 3 aliphatic rings. The molecule has 0 radical (unpaired) electrons. The lowest BCUT2D eigenvalue weighted by Gasteiger charge is -2.38. The molecule has 99 heavy (non-hydrogen) atoms. The Hall–Kier alpha value is -8.71. The Bertz CT molecular complexity index is 3480. The van der Waals surface area contributed by atoms with Gasteiger partial charge in [-0.15, -0.1) is 0 Å². The van der Waals surface area contributed by atoms with Gasteiger partial charge in [0.2, 0.25) is 0 Å². The highest BCUT2D eigenvalue weighted by atomic mass is 32.1. The summed E-state index contributed by atoms with van der Waals surface area (Å²) in [4.78, 5) is 44.6. The topological polar surface area (TPSA) is 242 Å². The number of alkyl halides is 3. The first-order valence-corrected chi connectivity index (χ1v) is 35.6. The second-order valence-electron chi connectivity index (χ2n) is 25.8. The molecule has 9 rings (SSSR count). The van der Waals surface area contributed by atoms with Crippen molar-refractivity contribution in [2.45, 2.75) is 232 Å². The lowest BCUT2D eigenvalue weighted by molar-refractivity contribution is -0.162. The van der Waals surface area contributed by atoms with Crippen LogP contribution in [0, 0.1) is 0 Å². The summed E-state index contributed by atoms with van der Waals surface area (Å²) in [5.74, 6) is -1.16. The highest BCUT2D eigenvalue weighted by Gasteiger charge is 2.46. The van der Waals surface area contributed by atoms with Gasteiger partial charge in [0.05, 0.1) is 22.3 Å². The molecule has 0 aliphatic carbocycles. The minimum atomic E-state index is -4.27. The Morgan fingerprint density at radius 2 is 0.798 bits per heavy atom. The van der Waals surface area contributed by atoms with Crippen LogP contribution in [-0.4, -0.2) is 63.4 Å². The molecule has 0 saturated carbocycles. The normalized spacial score (nSPS) is 16.2. The van der Waals surface area contributed by atoms with E-state index in [9.17, 15) is 42.9 Å². The number of aromatic nitrogens is 1. The van der Waals surface area contributed by atoms with Crippen LogP contribution in [0.2, 0.25) is 0 Å². The molecule has 0 fully saturated rings. The summed E-state index contributed by atoms with van der Waals surface area (Å²) in [6.45, 7) is 20.1. The first kappa shape index (κ1) is 81.0. The average molecular weight is 1390 g/mol. The van der Waals surface area contributed by atoms with Gasteiger partial charge in [0.25, 0.3) is 0 Å². The SMILES string of the molecule is CCCC1(CCC)CC(O)=C([C@@H](CC)c2cccc(N(Cc3ccccc3)Cc3ccccc3)c2)C(=O)O1.CCCC1(CCC)CC(O)=C([C@@H](CC)c2cccc(N)c2)C(=O)O1.CCCC1(CCC)CC(O)=C([C@@H](CC)c2cccc(N)c2)C(=O)O1.FC(F)(F)c1cccnc1.O=S=O. The predicted octanol–water partition coefficient (Wildman–Crippen LogP) is 19.6. The van der Waals surface area contributed by atoms with Crippen LogP contribution in [0.4, 0.5) is 30.2 Å². The van der Waals surface area contributed by atoms with Crippen LogP contribution in [0.1, 0.15) is 229 Å². The molecule has 0 saturated heterocycles. The second-order valence-corrected chi connectivity index (χ2v) is 25.9. The van der Waals surface area contributed by atoms with Crippen LogP contribution >= 0.6 is 0 Å². The number of rotatable bonds is 26. The van der Waals surface area contributed by atoms with Crippen LogP contribution in [0.15, 0.2) is 192 Å². The molecule has 15 nitrogen and oxygen atoms in total. The lowest BCUT2D eigenvalue weighted by atomic mass is 9.80. The number of carbonyl (C=O) groups excluding carboxylic acids is 3. The van der Waals surface area contributed by atoms with Crippen molar-refractivity contribution in [2.75, 3.05) is 16.4 Å². The maximum atomic E-state index is 13.4. The number of cyclic esters (lactones) is 3. The molecule has 536 valence electrons. The predicted molar refractivity (Wildman–Crippen MR) is 387 cm³/mol. The quantitative estimate of drug-likeness (QED) is 0.0193. The molecule has 0 amide bonds. The summed E-state index contributed by atoms with van der Waals surface area (Å²) in [7, 11) is 0. The summed E-state index contributed by atoms with van der Waals surface area (Å²) in [5, 5.41) is 32.6. The summed E-state index contributed by atoms with van der Waals surface area (Å²) in [5.41, 5.74) is 18.3.